The Morgan fingerprint density at radius 1 is 0.952 bits per heavy atom. The third kappa shape index (κ3) is 3.75. The maximum absolute atomic E-state index is 12.6. The maximum Gasteiger partial charge on any atom is 0.416 e. The molecule has 0 radical (unpaired) electrons. The standard InChI is InChI=1S/C15H10F3NO2/c16-15(17,18)12-3-1-2-11(8-12)14(21)9-13(20)10-4-6-19-7-5-10/h1-8H,9H2. The average molecular weight is 293 g/mol. The zero-order valence-electron chi connectivity index (χ0n) is 10.7. The highest BCUT2D eigenvalue weighted by Crippen LogP contribution is 2.29. The Kier molecular flexibility index (Phi) is 4.16. The number of halogens is 3. The topological polar surface area (TPSA) is 47.0 Å². The number of Topliss-reactive ketones (excluding diaryl/α,β-unsaturated/α-hetero) is 2. The van der Waals surface area contributed by atoms with E-state index in [1.807, 2.05) is 0 Å². The zero-order valence-corrected chi connectivity index (χ0v) is 10.7. The highest BCUT2D eigenvalue weighted by atomic mass is 19.4. The van der Waals surface area contributed by atoms with E-state index in [4.69, 9.17) is 0 Å². The first-order chi connectivity index (χ1) is 9.88. The Bertz CT molecular complexity index is 666. The summed E-state index contributed by atoms with van der Waals surface area (Å²) in [6.45, 7) is 0. The smallest absolute Gasteiger partial charge is 0.294 e. The summed E-state index contributed by atoms with van der Waals surface area (Å²) in [6.07, 6.45) is -2.19. The van der Waals surface area contributed by atoms with E-state index in [0.717, 1.165) is 18.2 Å². The second-order valence-electron chi connectivity index (χ2n) is 4.34. The van der Waals surface area contributed by atoms with Gasteiger partial charge in [0.2, 0.25) is 0 Å². The summed E-state index contributed by atoms with van der Waals surface area (Å²) in [5.41, 5.74) is -0.748. The van der Waals surface area contributed by atoms with Gasteiger partial charge in [-0.2, -0.15) is 13.2 Å². The van der Waals surface area contributed by atoms with Crippen molar-refractivity contribution < 1.29 is 22.8 Å². The Morgan fingerprint density at radius 2 is 1.57 bits per heavy atom. The molecular formula is C15H10F3NO2. The molecule has 1 heterocycles. The van der Waals surface area contributed by atoms with Gasteiger partial charge in [0.25, 0.3) is 0 Å². The molecule has 6 heteroatoms. The van der Waals surface area contributed by atoms with Crippen molar-refractivity contribution in [3.63, 3.8) is 0 Å². The molecule has 2 rings (SSSR count). The van der Waals surface area contributed by atoms with E-state index in [-0.39, 0.29) is 5.56 Å². The average Bonchev–Trinajstić information content (AvgIpc) is 2.47. The van der Waals surface area contributed by atoms with Crippen LogP contribution in [-0.4, -0.2) is 16.6 Å². The summed E-state index contributed by atoms with van der Waals surface area (Å²) in [4.78, 5) is 27.5. The molecule has 0 N–H and O–H groups in total. The lowest BCUT2D eigenvalue weighted by Gasteiger charge is -2.08. The van der Waals surface area contributed by atoms with E-state index in [0.29, 0.717) is 5.56 Å². The number of ketones is 2. The second kappa shape index (κ2) is 5.87. The molecule has 3 nitrogen and oxygen atoms in total. The number of alkyl halides is 3. The van der Waals surface area contributed by atoms with Crippen molar-refractivity contribution in [2.75, 3.05) is 0 Å². The molecule has 21 heavy (non-hydrogen) atoms. The van der Waals surface area contributed by atoms with Crippen LogP contribution < -0.4 is 0 Å². The maximum atomic E-state index is 12.6. The van der Waals surface area contributed by atoms with Crippen molar-refractivity contribution in [2.24, 2.45) is 0 Å². The molecule has 0 aliphatic rings. The van der Waals surface area contributed by atoms with Gasteiger partial charge in [0.05, 0.1) is 12.0 Å². The summed E-state index contributed by atoms with van der Waals surface area (Å²) in [5, 5.41) is 0. The van der Waals surface area contributed by atoms with Crippen molar-refractivity contribution in [3.8, 4) is 0 Å². The predicted octanol–water partition coefficient (Wildman–Crippen LogP) is 3.56. The summed E-state index contributed by atoms with van der Waals surface area (Å²) >= 11 is 0. The zero-order chi connectivity index (χ0) is 15.5. The third-order valence-electron chi connectivity index (χ3n) is 2.84. The molecule has 0 bridgehead atoms. The van der Waals surface area contributed by atoms with Crippen molar-refractivity contribution in [2.45, 2.75) is 12.6 Å². The van der Waals surface area contributed by atoms with Gasteiger partial charge in [-0.15, -0.1) is 0 Å². The van der Waals surface area contributed by atoms with Crippen LogP contribution in [0.25, 0.3) is 0 Å². The highest BCUT2D eigenvalue weighted by Gasteiger charge is 2.31. The lowest BCUT2D eigenvalue weighted by atomic mass is 10.0. The van der Waals surface area contributed by atoms with E-state index in [1.54, 1.807) is 0 Å². The molecule has 0 fully saturated rings. The van der Waals surface area contributed by atoms with Crippen LogP contribution in [0, 0.1) is 0 Å². The highest BCUT2D eigenvalue weighted by molar-refractivity contribution is 6.13. The van der Waals surface area contributed by atoms with Crippen molar-refractivity contribution in [1.29, 1.82) is 0 Å². The second-order valence-corrected chi connectivity index (χ2v) is 4.34. The largest absolute Gasteiger partial charge is 0.416 e. The molecule has 0 amide bonds. The Balaban J connectivity index is 2.16. The van der Waals surface area contributed by atoms with Crippen LogP contribution in [-0.2, 0) is 6.18 Å². The number of nitrogens with zero attached hydrogens (tertiary/aromatic N) is 1. The van der Waals surface area contributed by atoms with Crippen LogP contribution in [0.15, 0.2) is 48.8 Å². The van der Waals surface area contributed by atoms with Crippen LogP contribution >= 0.6 is 0 Å². The molecule has 0 aliphatic carbocycles. The van der Waals surface area contributed by atoms with Gasteiger partial charge in [-0.25, -0.2) is 0 Å². The van der Waals surface area contributed by atoms with E-state index < -0.39 is 29.7 Å². The third-order valence-corrected chi connectivity index (χ3v) is 2.84. The molecule has 0 atom stereocenters. The van der Waals surface area contributed by atoms with Crippen LogP contribution in [0.5, 0.6) is 0 Å². The number of carbonyl (C=O) groups excluding carboxylic acids is 2. The first kappa shape index (κ1) is 14.9. The van der Waals surface area contributed by atoms with Gasteiger partial charge in [-0.1, -0.05) is 12.1 Å². The number of pyridine rings is 1. The fraction of sp³-hybridized carbons (Fsp3) is 0.133. The summed E-state index contributed by atoms with van der Waals surface area (Å²) in [6, 6.07) is 6.93. The van der Waals surface area contributed by atoms with Crippen LogP contribution in [0.3, 0.4) is 0 Å². The number of hydrogen-bond donors (Lipinski definition) is 0. The SMILES string of the molecule is O=C(CC(=O)c1cccc(C(F)(F)F)c1)c1ccncc1. The summed E-state index contributed by atoms with van der Waals surface area (Å²) < 4.78 is 37.7. The molecule has 1 aromatic heterocycles. The number of aromatic nitrogens is 1. The molecule has 108 valence electrons. The van der Waals surface area contributed by atoms with Gasteiger partial charge in [0.1, 0.15) is 0 Å². The van der Waals surface area contributed by atoms with Crippen molar-refractivity contribution in [3.05, 3.63) is 65.5 Å². The normalized spacial score (nSPS) is 11.2. The number of benzene rings is 1. The minimum Gasteiger partial charge on any atom is -0.294 e. The number of carbonyl (C=O) groups is 2. The predicted molar refractivity (Wildman–Crippen MR) is 69.0 cm³/mol. The lowest BCUT2D eigenvalue weighted by molar-refractivity contribution is -0.137. The molecule has 0 saturated carbocycles. The molecule has 2 aromatic rings. The van der Waals surface area contributed by atoms with Gasteiger partial charge in [-0.05, 0) is 24.3 Å². The quantitative estimate of drug-likeness (QED) is 0.639. The van der Waals surface area contributed by atoms with Gasteiger partial charge >= 0.3 is 6.18 Å². The van der Waals surface area contributed by atoms with Crippen LogP contribution in [0.1, 0.15) is 32.7 Å². The van der Waals surface area contributed by atoms with Crippen LogP contribution in [0.2, 0.25) is 0 Å². The van der Waals surface area contributed by atoms with Gasteiger partial charge in [0, 0.05) is 23.5 Å². The number of hydrogen-bond acceptors (Lipinski definition) is 3. The first-order valence-electron chi connectivity index (χ1n) is 6.01. The molecule has 0 unspecified atom stereocenters. The van der Waals surface area contributed by atoms with Gasteiger partial charge in [-0.3, -0.25) is 14.6 Å². The minimum atomic E-state index is -4.52. The molecular weight excluding hydrogens is 283 g/mol. The molecule has 0 aliphatic heterocycles. The van der Waals surface area contributed by atoms with Gasteiger partial charge < -0.3 is 0 Å². The fourth-order valence-electron chi connectivity index (χ4n) is 1.76. The van der Waals surface area contributed by atoms with Crippen LogP contribution in [0.4, 0.5) is 13.2 Å². The van der Waals surface area contributed by atoms with Gasteiger partial charge in [0.15, 0.2) is 11.6 Å². The van der Waals surface area contributed by atoms with Crippen molar-refractivity contribution >= 4 is 11.6 Å². The van der Waals surface area contributed by atoms with Crippen molar-refractivity contribution in [1.82, 2.24) is 4.98 Å². The first-order valence-corrected chi connectivity index (χ1v) is 6.01. The monoisotopic (exact) mass is 293 g/mol. The minimum absolute atomic E-state index is 0.132. The molecule has 1 aromatic carbocycles. The Labute approximate surface area is 118 Å². The summed E-state index contributed by atoms with van der Waals surface area (Å²) in [5.74, 6) is -1.11. The lowest BCUT2D eigenvalue weighted by Crippen LogP contribution is -2.11. The van der Waals surface area contributed by atoms with E-state index in [1.165, 1.54) is 30.6 Å². The number of rotatable bonds is 4. The van der Waals surface area contributed by atoms with E-state index >= 15 is 0 Å². The van der Waals surface area contributed by atoms with E-state index in [2.05, 4.69) is 4.98 Å². The fourth-order valence-corrected chi connectivity index (χ4v) is 1.76. The summed E-state index contributed by atoms with van der Waals surface area (Å²) in [7, 11) is 0. The van der Waals surface area contributed by atoms with E-state index in [9.17, 15) is 22.8 Å². The Morgan fingerprint density at radius 3 is 2.19 bits per heavy atom. The molecule has 0 spiro atoms. The Hall–Kier alpha value is -2.50. The molecule has 0 saturated heterocycles.